The fraction of sp³-hybridized carbons (Fsp3) is 0.176. The van der Waals surface area contributed by atoms with Gasteiger partial charge in [0.25, 0.3) is 0 Å². The van der Waals surface area contributed by atoms with Crippen LogP contribution in [0.1, 0.15) is 19.4 Å². The van der Waals surface area contributed by atoms with Gasteiger partial charge in [0.15, 0.2) is 0 Å². The van der Waals surface area contributed by atoms with E-state index in [-0.39, 0.29) is 11.3 Å². The van der Waals surface area contributed by atoms with Crippen LogP contribution in [0.3, 0.4) is 0 Å². The zero-order valence-electron chi connectivity index (χ0n) is 12.1. The number of furan rings is 1. The van der Waals surface area contributed by atoms with E-state index in [0.717, 1.165) is 22.1 Å². The lowest BCUT2D eigenvalue weighted by Crippen LogP contribution is -2.27. The van der Waals surface area contributed by atoms with Crippen molar-refractivity contribution in [3.05, 3.63) is 52.1 Å². The van der Waals surface area contributed by atoms with Gasteiger partial charge in [0.1, 0.15) is 16.9 Å². The molecular weight excluding hydrogens is 282 g/mol. The minimum Gasteiger partial charge on any atom is -0.483 e. The first-order chi connectivity index (χ1) is 10.5. The summed E-state index contributed by atoms with van der Waals surface area (Å²) in [4.78, 5) is 10.7. The number of nitrogens with zero attached hydrogens (tertiary/aromatic N) is 1. The summed E-state index contributed by atoms with van der Waals surface area (Å²) in [7, 11) is 0. The largest absolute Gasteiger partial charge is 0.483 e. The number of fused-ring (bicyclic) bond motifs is 5. The maximum Gasteiger partial charge on any atom is 0.312 e. The third-order valence-corrected chi connectivity index (χ3v) is 3.86. The van der Waals surface area contributed by atoms with Gasteiger partial charge >= 0.3 is 5.69 Å². The first-order valence-corrected chi connectivity index (χ1v) is 6.97. The predicted molar refractivity (Wildman–Crippen MR) is 84.1 cm³/mol. The van der Waals surface area contributed by atoms with Crippen molar-refractivity contribution in [2.24, 2.45) is 0 Å². The van der Waals surface area contributed by atoms with E-state index in [4.69, 9.17) is 9.15 Å². The molecule has 5 nitrogen and oxygen atoms in total. The molecule has 0 unspecified atom stereocenters. The molecule has 0 saturated carbocycles. The second kappa shape index (κ2) is 4.10. The Morgan fingerprint density at radius 2 is 2.00 bits per heavy atom. The van der Waals surface area contributed by atoms with Gasteiger partial charge in [-0.2, -0.15) is 0 Å². The molecular formula is C17H13NO4. The van der Waals surface area contributed by atoms with Crippen molar-refractivity contribution in [2.45, 2.75) is 19.4 Å². The van der Waals surface area contributed by atoms with Crippen LogP contribution in [0.4, 0.5) is 5.69 Å². The molecule has 0 bridgehead atoms. The SMILES string of the molecule is CC1(C)C=Cc2c(ccc3oc4c([N+](=O)[O-])cccc4c23)O1. The summed E-state index contributed by atoms with van der Waals surface area (Å²) in [6.07, 6.45) is 3.97. The molecule has 2 aromatic carbocycles. The van der Waals surface area contributed by atoms with Gasteiger partial charge in [-0.3, -0.25) is 10.1 Å². The van der Waals surface area contributed by atoms with Gasteiger partial charge in [-0.25, -0.2) is 0 Å². The molecule has 1 aromatic heterocycles. The van der Waals surface area contributed by atoms with Crippen molar-refractivity contribution in [1.82, 2.24) is 0 Å². The van der Waals surface area contributed by atoms with Crippen LogP contribution in [-0.2, 0) is 0 Å². The molecule has 1 aliphatic rings. The number of para-hydroxylation sites is 1. The molecule has 5 heteroatoms. The normalized spacial score (nSPS) is 15.7. The second-order valence-corrected chi connectivity index (χ2v) is 5.90. The van der Waals surface area contributed by atoms with E-state index in [9.17, 15) is 10.1 Å². The predicted octanol–water partition coefficient (Wildman–Crippen LogP) is 4.68. The zero-order valence-corrected chi connectivity index (χ0v) is 12.1. The molecule has 4 rings (SSSR count). The number of ether oxygens (including phenoxy) is 1. The summed E-state index contributed by atoms with van der Waals surface area (Å²) in [6.45, 7) is 3.96. The van der Waals surface area contributed by atoms with E-state index in [1.54, 1.807) is 12.1 Å². The minimum atomic E-state index is -0.424. The third-order valence-electron chi connectivity index (χ3n) is 3.86. The Labute approximate surface area is 125 Å². The molecule has 110 valence electrons. The molecule has 0 N–H and O–H groups in total. The van der Waals surface area contributed by atoms with E-state index in [1.807, 2.05) is 38.1 Å². The Bertz CT molecular complexity index is 966. The summed E-state index contributed by atoms with van der Waals surface area (Å²) >= 11 is 0. The van der Waals surface area contributed by atoms with Crippen LogP contribution in [0.15, 0.2) is 40.8 Å². The van der Waals surface area contributed by atoms with Crippen molar-refractivity contribution in [2.75, 3.05) is 0 Å². The number of nitro benzene ring substituents is 1. The van der Waals surface area contributed by atoms with Gasteiger partial charge in [0, 0.05) is 22.4 Å². The fourth-order valence-electron chi connectivity index (χ4n) is 2.88. The number of nitro groups is 1. The van der Waals surface area contributed by atoms with E-state index in [0.29, 0.717) is 11.2 Å². The highest BCUT2D eigenvalue weighted by atomic mass is 16.6. The van der Waals surface area contributed by atoms with Crippen LogP contribution in [0.2, 0.25) is 0 Å². The quantitative estimate of drug-likeness (QED) is 0.483. The van der Waals surface area contributed by atoms with Gasteiger partial charge in [0.05, 0.1) is 4.92 Å². The van der Waals surface area contributed by atoms with E-state index >= 15 is 0 Å². The highest BCUT2D eigenvalue weighted by molar-refractivity contribution is 6.12. The summed E-state index contributed by atoms with van der Waals surface area (Å²) in [5.74, 6) is 0.759. The first-order valence-electron chi connectivity index (χ1n) is 6.97. The molecule has 1 aliphatic heterocycles. The molecule has 3 aromatic rings. The Balaban J connectivity index is 2.11. The molecule has 0 amide bonds. The van der Waals surface area contributed by atoms with Crippen molar-refractivity contribution >= 4 is 33.7 Å². The first kappa shape index (κ1) is 12.9. The lowest BCUT2D eigenvalue weighted by Gasteiger charge is -2.27. The number of rotatable bonds is 1. The number of hydrogen-bond acceptors (Lipinski definition) is 4. The summed E-state index contributed by atoms with van der Waals surface area (Å²) in [6, 6.07) is 8.60. The van der Waals surface area contributed by atoms with Gasteiger partial charge < -0.3 is 9.15 Å². The highest BCUT2D eigenvalue weighted by Crippen LogP contribution is 2.42. The summed E-state index contributed by atoms with van der Waals surface area (Å²) in [5, 5.41) is 12.8. The van der Waals surface area contributed by atoms with Gasteiger partial charge in [-0.1, -0.05) is 12.1 Å². The Morgan fingerprint density at radius 1 is 1.18 bits per heavy atom. The van der Waals surface area contributed by atoms with Crippen LogP contribution < -0.4 is 4.74 Å². The number of hydrogen-bond donors (Lipinski definition) is 0. The highest BCUT2D eigenvalue weighted by Gasteiger charge is 2.26. The molecule has 22 heavy (non-hydrogen) atoms. The maximum atomic E-state index is 11.2. The Morgan fingerprint density at radius 3 is 2.77 bits per heavy atom. The van der Waals surface area contributed by atoms with E-state index < -0.39 is 4.92 Å². The van der Waals surface area contributed by atoms with Crippen LogP contribution in [0.5, 0.6) is 5.75 Å². The zero-order chi connectivity index (χ0) is 15.5. The van der Waals surface area contributed by atoms with E-state index in [1.165, 1.54) is 6.07 Å². The lowest BCUT2D eigenvalue weighted by molar-refractivity contribution is -0.383. The Kier molecular flexibility index (Phi) is 2.40. The van der Waals surface area contributed by atoms with Crippen LogP contribution in [0, 0.1) is 10.1 Å². The number of non-ortho nitro benzene ring substituents is 1. The molecule has 0 fully saturated rings. The van der Waals surface area contributed by atoms with Gasteiger partial charge in [0.2, 0.25) is 5.58 Å². The Hall–Kier alpha value is -2.82. The van der Waals surface area contributed by atoms with Crippen LogP contribution in [0.25, 0.3) is 28.0 Å². The van der Waals surface area contributed by atoms with Crippen molar-refractivity contribution < 1.29 is 14.1 Å². The molecule has 0 aliphatic carbocycles. The van der Waals surface area contributed by atoms with Crippen molar-refractivity contribution in [3.8, 4) is 5.75 Å². The second-order valence-electron chi connectivity index (χ2n) is 5.90. The third kappa shape index (κ3) is 1.72. The van der Waals surface area contributed by atoms with Gasteiger partial charge in [-0.15, -0.1) is 0 Å². The van der Waals surface area contributed by atoms with E-state index in [2.05, 4.69) is 0 Å². The monoisotopic (exact) mass is 295 g/mol. The topological polar surface area (TPSA) is 65.5 Å². The summed E-state index contributed by atoms with van der Waals surface area (Å²) in [5.41, 5.74) is 1.43. The summed E-state index contributed by atoms with van der Waals surface area (Å²) < 4.78 is 11.7. The molecule has 0 spiro atoms. The smallest absolute Gasteiger partial charge is 0.312 e. The molecule has 0 radical (unpaired) electrons. The average molecular weight is 295 g/mol. The van der Waals surface area contributed by atoms with Crippen LogP contribution in [-0.4, -0.2) is 10.5 Å². The average Bonchev–Trinajstić information content (AvgIpc) is 2.84. The van der Waals surface area contributed by atoms with Crippen molar-refractivity contribution in [3.63, 3.8) is 0 Å². The molecule has 2 heterocycles. The maximum absolute atomic E-state index is 11.2. The molecule has 0 saturated heterocycles. The van der Waals surface area contributed by atoms with Gasteiger partial charge in [-0.05, 0) is 38.1 Å². The minimum absolute atomic E-state index is 0.0245. The van der Waals surface area contributed by atoms with Crippen LogP contribution >= 0.6 is 0 Å². The van der Waals surface area contributed by atoms with Crippen molar-refractivity contribution in [1.29, 1.82) is 0 Å². The molecule has 0 atom stereocenters. The lowest BCUT2D eigenvalue weighted by atomic mass is 9.98. The fourth-order valence-corrected chi connectivity index (χ4v) is 2.88. The number of benzene rings is 2. The standard InChI is InChI=1S/C17H13NO4/c1-17(2)9-8-10-13(22-17)6-7-14-15(10)11-4-3-5-12(18(19)20)16(11)21-14/h3-9H,1-2H3.